The normalized spacial score (nSPS) is 17.1. The first-order valence-electron chi connectivity index (χ1n) is 14.9. The minimum absolute atomic E-state index is 0.287. The van der Waals surface area contributed by atoms with Crippen LogP contribution in [0.2, 0.25) is 0 Å². The van der Waals surface area contributed by atoms with E-state index in [0.29, 0.717) is 5.92 Å². The average molecular weight is 569 g/mol. The number of nitrogens with zero attached hydrogens (tertiary/aromatic N) is 2. The summed E-state index contributed by atoms with van der Waals surface area (Å²) in [5.41, 5.74) is 7.48. The minimum Gasteiger partial charge on any atom is -0.333 e. The van der Waals surface area contributed by atoms with Crippen LogP contribution in [0.25, 0.3) is 30.9 Å². The molecule has 0 fully saturated rings. The predicted molar refractivity (Wildman–Crippen MR) is 185 cm³/mol. The summed E-state index contributed by atoms with van der Waals surface area (Å²) >= 11 is 1.93. The molecule has 2 aliphatic rings. The van der Waals surface area contributed by atoms with Crippen molar-refractivity contribution in [3.63, 3.8) is 0 Å². The second-order valence-electron chi connectivity index (χ2n) is 11.4. The minimum atomic E-state index is 0.287. The zero-order valence-corrected chi connectivity index (χ0v) is 24.3. The van der Waals surface area contributed by atoms with Gasteiger partial charge in [0.25, 0.3) is 0 Å². The summed E-state index contributed by atoms with van der Waals surface area (Å²) < 4.78 is 2.72. The van der Waals surface area contributed by atoms with Crippen molar-refractivity contribution in [2.75, 3.05) is 9.80 Å². The summed E-state index contributed by atoms with van der Waals surface area (Å²) in [5.74, 6) is 0.329. The van der Waals surface area contributed by atoms with Gasteiger partial charge in [-0.2, -0.15) is 0 Å². The lowest BCUT2D eigenvalue weighted by molar-refractivity contribution is 0.747. The first-order valence-corrected chi connectivity index (χ1v) is 15.7. The second kappa shape index (κ2) is 9.72. The topological polar surface area (TPSA) is 6.48 Å². The van der Waals surface area contributed by atoms with Gasteiger partial charge in [0.1, 0.15) is 0 Å². The number of benzene rings is 6. The Morgan fingerprint density at radius 2 is 1.28 bits per heavy atom. The van der Waals surface area contributed by atoms with Crippen molar-refractivity contribution in [1.82, 2.24) is 0 Å². The Kier molecular flexibility index (Phi) is 5.53. The molecule has 1 aromatic heterocycles. The smallest absolute Gasteiger partial charge is 0.0630 e. The van der Waals surface area contributed by atoms with Gasteiger partial charge in [-0.1, -0.05) is 97.1 Å². The average Bonchev–Trinajstić information content (AvgIpc) is 3.61. The Labute approximate surface area is 255 Å². The van der Waals surface area contributed by atoms with Crippen molar-refractivity contribution < 1.29 is 0 Å². The number of hydrogen-bond acceptors (Lipinski definition) is 3. The van der Waals surface area contributed by atoms with Crippen LogP contribution in [0.5, 0.6) is 0 Å². The van der Waals surface area contributed by atoms with Gasteiger partial charge in [-0.05, 0) is 71.4 Å². The monoisotopic (exact) mass is 568 g/mol. The van der Waals surface area contributed by atoms with Crippen molar-refractivity contribution in [2.45, 2.75) is 12.0 Å². The van der Waals surface area contributed by atoms with Gasteiger partial charge in [-0.3, -0.25) is 0 Å². The first-order chi connectivity index (χ1) is 21.3. The summed E-state index contributed by atoms with van der Waals surface area (Å²) in [7, 11) is 0. The van der Waals surface area contributed by atoms with E-state index in [2.05, 4.69) is 168 Å². The molecule has 2 heterocycles. The van der Waals surface area contributed by atoms with E-state index in [1.165, 1.54) is 53.6 Å². The maximum Gasteiger partial charge on any atom is 0.0630 e. The molecular weight excluding hydrogens is 541 g/mol. The summed E-state index contributed by atoms with van der Waals surface area (Å²) in [4.78, 5) is 4.90. The third-order valence-corrected chi connectivity index (χ3v) is 10.2. The van der Waals surface area contributed by atoms with Crippen LogP contribution in [0.15, 0.2) is 158 Å². The third-order valence-electron chi connectivity index (χ3n) is 8.93. The zero-order valence-electron chi connectivity index (χ0n) is 23.5. The summed E-state index contributed by atoms with van der Waals surface area (Å²) in [5, 5.41) is 5.14. The molecule has 1 aliphatic carbocycles. The van der Waals surface area contributed by atoms with E-state index in [0.717, 1.165) is 11.4 Å². The zero-order chi connectivity index (χ0) is 28.3. The number of anilines is 5. The Bertz CT molecular complexity index is 2210. The number of allylic oxidation sites excluding steroid dienone is 2. The Balaban J connectivity index is 1.23. The van der Waals surface area contributed by atoms with Crippen molar-refractivity contribution in [3.8, 4) is 0 Å². The molecule has 0 saturated heterocycles. The fraction of sp³-hybridized carbons (Fsp3) is 0.0500. The van der Waals surface area contributed by atoms with E-state index in [1.54, 1.807) is 0 Å². The van der Waals surface area contributed by atoms with E-state index in [9.17, 15) is 0 Å². The van der Waals surface area contributed by atoms with Crippen molar-refractivity contribution in [2.24, 2.45) is 0 Å². The maximum atomic E-state index is 2.52. The van der Waals surface area contributed by atoms with Gasteiger partial charge in [-0.25, -0.2) is 0 Å². The van der Waals surface area contributed by atoms with Crippen LogP contribution in [0, 0.1) is 0 Å². The fourth-order valence-electron chi connectivity index (χ4n) is 7.02. The van der Waals surface area contributed by atoms with E-state index in [-0.39, 0.29) is 6.04 Å². The highest BCUT2D eigenvalue weighted by Crippen LogP contribution is 2.53. The molecule has 0 amide bonds. The molecule has 6 aromatic carbocycles. The summed E-state index contributed by atoms with van der Waals surface area (Å²) in [6.07, 6.45) is 9.15. The first kappa shape index (κ1) is 24.5. The number of para-hydroxylation sites is 2. The van der Waals surface area contributed by atoms with E-state index in [1.807, 2.05) is 11.3 Å². The van der Waals surface area contributed by atoms with E-state index < -0.39 is 0 Å². The van der Waals surface area contributed by atoms with Gasteiger partial charge in [0.05, 0.1) is 6.04 Å². The van der Waals surface area contributed by atoms with Crippen molar-refractivity contribution >= 4 is 70.7 Å². The Hall–Kier alpha value is -5.12. The largest absolute Gasteiger partial charge is 0.333 e. The van der Waals surface area contributed by atoms with Crippen LogP contribution in [-0.4, -0.2) is 6.04 Å². The maximum absolute atomic E-state index is 2.52. The molecule has 0 N–H and O–H groups in total. The van der Waals surface area contributed by atoms with Crippen LogP contribution < -0.4 is 9.80 Å². The third kappa shape index (κ3) is 3.86. The number of rotatable bonds is 4. The number of fused-ring (bicyclic) bond motifs is 8. The van der Waals surface area contributed by atoms with Crippen LogP contribution >= 0.6 is 11.3 Å². The van der Waals surface area contributed by atoms with Crippen LogP contribution in [-0.2, 0) is 0 Å². The van der Waals surface area contributed by atoms with Crippen LogP contribution in [0.1, 0.15) is 11.5 Å². The molecule has 3 heteroatoms. The van der Waals surface area contributed by atoms with Crippen LogP contribution in [0.4, 0.5) is 28.4 Å². The van der Waals surface area contributed by atoms with E-state index >= 15 is 0 Å². The lowest BCUT2D eigenvalue weighted by Crippen LogP contribution is -2.28. The number of hydrogen-bond donors (Lipinski definition) is 0. The molecule has 0 bridgehead atoms. The molecule has 43 heavy (non-hydrogen) atoms. The molecular formula is C40H28N2S. The highest BCUT2D eigenvalue weighted by Gasteiger charge is 2.39. The highest BCUT2D eigenvalue weighted by atomic mass is 32.1. The lowest BCUT2D eigenvalue weighted by Gasteiger charge is -2.28. The van der Waals surface area contributed by atoms with Gasteiger partial charge in [-0.15, -0.1) is 11.3 Å². The highest BCUT2D eigenvalue weighted by molar-refractivity contribution is 7.26. The quantitative estimate of drug-likeness (QED) is 0.208. The lowest BCUT2D eigenvalue weighted by atomic mass is 9.90. The molecule has 2 nitrogen and oxygen atoms in total. The number of thiophene rings is 1. The molecule has 2 unspecified atom stereocenters. The Morgan fingerprint density at radius 1 is 0.558 bits per heavy atom. The summed E-state index contributed by atoms with van der Waals surface area (Å²) in [6, 6.07) is 48.8. The molecule has 204 valence electrons. The molecule has 0 saturated carbocycles. The van der Waals surface area contributed by atoms with E-state index in [4.69, 9.17) is 0 Å². The van der Waals surface area contributed by atoms with Gasteiger partial charge in [0, 0.05) is 60.1 Å². The molecule has 0 radical (unpaired) electrons. The molecule has 9 rings (SSSR count). The van der Waals surface area contributed by atoms with Crippen LogP contribution in [0.3, 0.4) is 0 Å². The van der Waals surface area contributed by atoms with Gasteiger partial charge >= 0.3 is 0 Å². The predicted octanol–water partition coefficient (Wildman–Crippen LogP) is 11.4. The van der Waals surface area contributed by atoms with Crippen molar-refractivity contribution in [3.05, 3.63) is 163 Å². The standard InChI is InChI=1S/C40H28N2S/c1-3-13-29(14-4-1)41(31-20-19-27-11-7-8-12-28(27)25-31)32-21-24-38-35(26-32)33-22-23-37-39(40(33)43-38)34-17-9-10-18-36(34)42(37)30-15-5-2-6-16-30/h1-26,34,36H. The summed E-state index contributed by atoms with van der Waals surface area (Å²) in [6.45, 7) is 0. The molecule has 2 atom stereocenters. The van der Waals surface area contributed by atoms with Crippen molar-refractivity contribution in [1.29, 1.82) is 0 Å². The SMILES string of the molecule is C1=CC2c3c(ccc4c3sc3ccc(N(c5ccccc5)c5ccc6ccccc6c5)cc34)N(c3ccccc3)C2C=C1. The van der Waals surface area contributed by atoms with Gasteiger partial charge < -0.3 is 9.80 Å². The fourth-order valence-corrected chi connectivity index (χ4v) is 8.29. The second-order valence-corrected chi connectivity index (χ2v) is 12.4. The molecule has 1 aliphatic heterocycles. The molecule has 7 aromatic rings. The molecule has 0 spiro atoms. The Morgan fingerprint density at radius 3 is 2.14 bits per heavy atom. The van der Waals surface area contributed by atoms with Gasteiger partial charge in [0.2, 0.25) is 0 Å². The van der Waals surface area contributed by atoms with Gasteiger partial charge in [0.15, 0.2) is 0 Å².